The number of aliphatic hydroxyl groups excluding tert-OH is 3. The molecule has 0 unspecified atom stereocenters. The van der Waals surface area contributed by atoms with E-state index in [4.69, 9.17) is 14.7 Å². The van der Waals surface area contributed by atoms with Crippen LogP contribution in [0.25, 0.3) is 0 Å². The van der Waals surface area contributed by atoms with Crippen molar-refractivity contribution < 1.29 is 59.1 Å². The predicted molar refractivity (Wildman–Crippen MR) is 118 cm³/mol. The zero-order valence-electron chi connectivity index (χ0n) is 19.3. The van der Waals surface area contributed by atoms with Crippen LogP contribution in [0.3, 0.4) is 0 Å². The summed E-state index contributed by atoms with van der Waals surface area (Å²) in [5, 5.41) is 53.5. The Morgan fingerprint density at radius 3 is 1.94 bits per heavy atom. The molecule has 0 rings (SSSR count). The molecule has 0 radical (unpaired) electrons. The van der Waals surface area contributed by atoms with E-state index in [0.29, 0.717) is 0 Å². The Bertz CT molecular complexity index is 759. The van der Waals surface area contributed by atoms with E-state index >= 15 is 0 Å². The maximum Gasteiger partial charge on any atom is 0.373 e. The maximum absolute atomic E-state index is 12.6. The van der Waals surface area contributed by atoms with Crippen molar-refractivity contribution in [2.75, 3.05) is 25.6 Å². The van der Waals surface area contributed by atoms with Gasteiger partial charge in [-0.1, -0.05) is 0 Å². The highest BCUT2D eigenvalue weighted by atomic mass is 32.2. The van der Waals surface area contributed by atoms with Gasteiger partial charge in [-0.15, -0.1) is 0 Å². The summed E-state index contributed by atoms with van der Waals surface area (Å²) >= 11 is 1.18. The number of ketones is 1. The van der Waals surface area contributed by atoms with Crippen molar-refractivity contribution in [3.05, 3.63) is 0 Å². The second kappa shape index (κ2) is 18.4. The summed E-state index contributed by atoms with van der Waals surface area (Å²) in [6.07, 6.45) is -5.18. The number of hydrogen-bond donors (Lipinski definition) is 8. The molecule has 35 heavy (non-hydrogen) atoms. The van der Waals surface area contributed by atoms with E-state index in [1.54, 1.807) is 13.2 Å². The van der Waals surface area contributed by atoms with Crippen molar-refractivity contribution in [3.8, 4) is 0 Å². The van der Waals surface area contributed by atoms with Crippen LogP contribution in [0.5, 0.6) is 0 Å². The molecule has 16 heteroatoms. The third-order valence-electron chi connectivity index (χ3n) is 4.59. The summed E-state index contributed by atoms with van der Waals surface area (Å²) in [6.45, 7) is 0.917. The van der Waals surface area contributed by atoms with Crippen LogP contribution < -0.4 is 16.0 Å². The van der Waals surface area contributed by atoms with Gasteiger partial charge in [0.25, 0.3) is 0 Å². The van der Waals surface area contributed by atoms with Gasteiger partial charge in [-0.05, 0) is 20.2 Å². The lowest BCUT2D eigenvalue weighted by Gasteiger charge is -2.22. The van der Waals surface area contributed by atoms with E-state index in [0.717, 1.165) is 0 Å². The first-order valence-corrected chi connectivity index (χ1v) is 11.4. The molecule has 0 aromatic carbocycles. The first-order chi connectivity index (χ1) is 16.3. The van der Waals surface area contributed by atoms with Crippen molar-refractivity contribution in [2.45, 2.75) is 50.2 Å². The number of rotatable bonds is 16. The van der Waals surface area contributed by atoms with E-state index in [1.165, 1.54) is 18.8 Å². The monoisotopic (exact) mass is 525 g/mol. The number of aliphatic hydroxyl groups is 3. The molecule has 0 aromatic heterocycles. The molecule has 0 aromatic rings. The van der Waals surface area contributed by atoms with Crippen LogP contribution in [-0.4, -0.2) is 117 Å². The van der Waals surface area contributed by atoms with Gasteiger partial charge in [0, 0.05) is 25.1 Å². The molecule has 6 atom stereocenters. The third-order valence-corrected chi connectivity index (χ3v) is 5.26. The Morgan fingerprint density at radius 1 is 0.971 bits per heavy atom. The van der Waals surface area contributed by atoms with E-state index in [2.05, 4.69) is 16.0 Å². The van der Waals surface area contributed by atoms with E-state index < -0.39 is 78.8 Å². The maximum atomic E-state index is 12.6. The number of thioether (sulfide) groups is 1. The first-order valence-electron chi connectivity index (χ1n) is 10.0. The Hall–Kier alpha value is -2.88. The van der Waals surface area contributed by atoms with Gasteiger partial charge in [0.1, 0.15) is 24.0 Å². The van der Waals surface area contributed by atoms with Crippen LogP contribution in [0, 0.1) is 5.92 Å². The molecule has 0 saturated carbocycles. The second-order valence-corrected chi connectivity index (χ2v) is 8.08. The lowest BCUT2D eigenvalue weighted by atomic mass is 9.94. The van der Waals surface area contributed by atoms with Crippen molar-refractivity contribution >= 4 is 47.4 Å². The summed E-state index contributed by atoms with van der Waals surface area (Å²) in [4.78, 5) is 75.3. The van der Waals surface area contributed by atoms with Gasteiger partial charge in [-0.3, -0.25) is 14.4 Å². The lowest BCUT2D eigenvalue weighted by Crippen LogP contribution is -2.49. The molecule has 0 aliphatic heterocycles. The van der Waals surface area contributed by atoms with E-state index in [1.807, 2.05) is 0 Å². The number of carbonyl (C=O) groups excluding carboxylic acids is 5. The van der Waals surface area contributed by atoms with Gasteiger partial charge in [0.05, 0.1) is 12.0 Å². The number of likely N-dealkylation sites (N-methyl/N-ethyl adjacent to an activating group) is 1. The summed E-state index contributed by atoms with van der Waals surface area (Å²) < 4.78 is 0. The number of aliphatic carboxylic acids is 2. The van der Waals surface area contributed by atoms with Crippen LogP contribution in [0.2, 0.25) is 0 Å². The smallest absolute Gasteiger partial charge is 0.373 e. The standard InChI is InChI=1S/C18H31N3O10S.CO2/c1-8(19-2)11(22)4-9(16(27)21-10(7-32-3)17(28)29)5-13(24)20-6-12(23)14(25)15(26)18(30)31;2-1-3/h8-10,12,14-15,19,23,25-26H,4-7H2,1-3H3,(H,20,24)(H,21,27)(H,28,29)(H,30,31);/t8-,9-,10-,12-,14+,15-;/m0./s1. The zero-order chi connectivity index (χ0) is 27.7. The highest BCUT2D eigenvalue weighted by molar-refractivity contribution is 7.98. The van der Waals surface area contributed by atoms with Crippen LogP contribution in [0.4, 0.5) is 0 Å². The summed E-state index contributed by atoms with van der Waals surface area (Å²) in [5.74, 6) is -6.22. The lowest BCUT2D eigenvalue weighted by molar-refractivity contribution is -0.191. The fourth-order valence-corrected chi connectivity index (χ4v) is 3.02. The Kier molecular flexibility index (Phi) is 18.1. The number of carboxylic acids is 2. The Balaban J connectivity index is 0. The number of Topliss-reactive ketones (excluding diaryl/α,β-unsaturated/α-hetero) is 1. The van der Waals surface area contributed by atoms with Gasteiger partial charge in [0.15, 0.2) is 6.10 Å². The molecule has 0 bridgehead atoms. The van der Waals surface area contributed by atoms with Crippen molar-refractivity contribution in [3.63, 3.8) is 0 Å². The van der Waals surface area contributed by atoms with Gasteiger partial charge in [-0.25, -0.2) is 9.59 Å². The zero-order valence-corrected chi connectivity index (χ0v) is 20.1. The molecule has 2 amide bonds. The summed E-state index contributed by atoms with van der Waals surface area (Å²) in [7, 11) is 1.53. The largest absolute Gasteiger partial charge is 0.480 e. The highest BCUT2D eigenvalue weighted by Crippen LogP contribution is 2.13. The molecular weight excluding hydrogens is 494 g/mol. The van der Waals surface area contributed by atoms with Gasteiger partial charge < -0.3 is 41.5 Å². The Morgan fingerprint density at radius 2 is 1.51 bits per heavy atom. The third kappa shape index (κ3) is 14.2. The van der Waals surface area contributed by atoms with E-state index in [-0.39, 0.29) is 18.3 Å². The summed E-state index contributed by atoms with van der Waals surface area (Å²) in [5.41, 5.74) is 0. The molecule has 0 fully saturated rings. The van der Waals surface area contributed by atoms with Crippen LogP contribution in [0.15, 0.2) is 0 Å². The number of carboxylic acid groups (broad SMARTS) is 2. The minimum Gasteiger partial charge on any atom is -0.480 e. The van der Waals surface area contributed by atoms with Crippen molar-refractivity contribution in [1.29, 1.82) is 0 Å². The average Bonchev–Trinajstić information content (AvgIpc) is 2.80. The van der Waals surface area contributed by atoms with Crippen molar-refractivity contribution in [2.24, 2.45) is 5.92 Å². The Labute approximate surface area is 204 Å². The highest BCUT2D eigenvalue weighted by Gasteiger charge is 2.32. The molecule has 8 N–H and O–H groups in total. The molecule has 200 valence electrons. The summed E-state index contributed by atoms with van der Waals surface area (Å²) in [6, 6.07) is -1.85. The average molecular weight is 526 g/mol. The molecule has 0 aliphatic carbocycles. The number of hydrogen-bond acceptors (Lipinski definition) is 12. The predicted octanol–water partition coefficient (Wildman–Crippen LogP) is -3.81. The van der Waals surface area contributed by atoms with Crippen LogP contribution >= 0.6 is 11.8 Å². The normalized spacial score (nSPS) is 15.5. The topological polar surface area (TPSA) is 257 Å². The van der Waals surface area contributed by atoms with E-state index in [9.17, 15) is 44.4 Å². The molecule has 0 spiro atoms. The van der Waals surface area contributed by atoms with Gasteiger partial charge in [0.2, 0.25) is 11.8 Å². The first kappa shape index (κ1) is 34.3. The quantitative estimate of drug-likeness (QED) is 0.0961. The minimum atomic E-state index is -2.27. The molecule has 0 heterocycles. The minimum absolute atomic E-state index is 0.0663. The van der Waals surface area contributed by atoms with Gasteiger partial charge >= 0.3 is 18.1 Å². The molecule has 15 nitrogen and oxygen atoms in total. The molecule has 0 saturated heterocycles. The van der Waals surface area contributed by atoms with Gasteiger partial charge in [-0.2, -0.15) is 21.4 Å². The number of carbonyl (C=O) groups is 5. The fourth-order valence-electron chi connectivity index (χ4n) is 2.46. The number of amides is 2. The fraction of sp³-hybridized carbons (Fsp3) is 0.684. The van der Waals surface area contributed by atoms with Crippen LogP contribution in [0.1, 0.15) is 19.8 Å². The molecular formula is C19H31N3O12S. The second-order valence-electron chi connectivity index (χ2n) is 7.17. The molecule has 0 aliphatic rings. The van der Waals surface area contributed by atoms with Crippen molar-refractivity contribution in [1.82, 2.24) is 16.0 Å². The number of nitrogens with one attached hydrogen (secondary N) is 3. The van der Waals surface area contributed by atoms with Crippen LogP contribution in [-0.2, 0) is 33.6 Å². The SMILES string of the molecule is CN[C@@H](C)C(=O)C[C@@H](CC(=O)NC[C@H](O)[C@@H](O)[C@H](O)C(=O)O)C(=O)N[C@@H](CSC)C(=O)O.O=C=O.